The molecule has 2 fully saturated rings. The van der Waals surface area contributed by atoms with Crippen LogP contribution in [0.15, 0.2) is 6.07 Å². The number of aromatic nitrogens is 5. The monoisotopic (exact) mass is 330 g/mol. The minimum absolute atomic E-state index is 0.174. The Morgan fingerprint density at radius 2 is 2.08 bits per heavy atom. The Morgan fingerprint density at radius 3 is 2.79 bits per heavy atom. The first-order valence-electron chi connectivity index (χ1n) is 8.83. The maximum Gasteiger partial charge on any atom is 0.146 e. The van der Waals surface area contributed by atoms with Crippen molar-refractivity contribution in [3.05, 3.63) is 29.1 Å². The maximum atomic E-state index is 5.95. The summed E-state index contributed by atoms with van der Waals surface area (Å²) >= 11 is 0. The van der Waals surface area contributed by atoms with Crippen LogP contribution in [0.1, 0.15) is 41.8 Å². The lowest BCUT2D eigenvalue weighted by Crippen LogP contribution is -2.44. The Labute approximate surface area is 142 Å². The third-order valence-electron chi connectivity index (χ3n) is 5.01. The highest BCUT2D eigenvalue weighted by Crippen LogP contribution is 2.38. The molecule has 4 rings (SSSR count). The average Bonchev–Trinajstić information content (AvgIpc) is 3.25. The Bertz CT molecular complexity index is 717. The number of hydrogen-bond donors (Lipinski definition) is 0. The molecule has 0 spiro atoms. The van der Waals surface area contributed by atoms with E-state index in [1.165, 1.54) is 18.5 Å². The Hall–Kier alpha value is -1.73. The molecule has 0 radical (unpaired) electrons. The topological polar surface area (TPSA) is 61.0 Å². The first kappa shape index (κ1) is 15.8. The summed E-state index contributed by atoms with van der Waals surface area (Å²) in [6.45, 7) is 8.39. The second-order valence-electron chi connectivity index (χ2n) is 7.14. The van der Waals surface area contributed by atoms with Crippen LogP contribution in [-0.4, -0.2) is 55.2 Å². The first-order valence-corrected chi connectivity index (χ1v) is 8.83. The van der Waals surface area contributed by atoms with E-state index in [2.05, 4.69) is 49.5 Å². The first-order chi connectivity index (χ1) is 11.6. The molecule has 1 aliphatic heterocycles. The third kappa shape index (κ3) is 3.23. The molecule has 0 unspecified atom stereocenters. The molecule has 130 valence electrons. The quantitative estimate of drug-likeness (QED) is 0.829. The second-order valence-corrected chi connectivity index (χ2v) is 7.14. The van der Waals surface area contributed by atoms with Crippen molar-refractivity contribution in [1.82, 2.24) is 29.4 Å². The van der Waals surface area contributed by atoms with Gasteiger partial charge in [0, 0.05) is 31.7 Å². The van der Waals surface area contributed by atoms with Gasteiger partial charge >= 0.3 is 0 Å². The summed E-state index contributed by atoms with van der Waals surface area (Å²) < 4.78 is 10.2. The third-order valence-corrected chi connectivity index (χ3v) is 5.01. The number of rotatable bonds is 5. The molecular weight excluding hydrogens is 304 g/mol. The van der Waals surface area contributed by atoms with Crippen LogP contribution in [0.4, 0.5) is 0 Å². The van der Waals surface area contributed by atoms with Gasteiger partial charge < -0.3 is 9.30 Å². The van der Waals surface area contributed by atoms with Crippen LogP contribution in [-0.2, 0) is 24.9 Å². The number of nitrogens with zero attached hydrogens (tertiary/aromatic N) is 6. The fourth-order valence-corrected chi connectivity index (χ4v) is 3.50. The average molecular weight is 330 g/mol. The zero-order chi connectivity index (χ0) is 16.7. The van der Waals surface area contributed by atoms with E-state index in [-0.39, 0.29) is 6.10 Å². The molecule has 1 saturated heterocycles. The highest BCUT2D eigenvalue weighted by Gasteiger charge is 2.30. The van der Waals surface area contributed by atoms with Gasteiger partial charge in [-0.1, -0.05) is 0 Å². The lowest BCUT2D eigenvalue weighted by atomic mass is 10.2. The zero-order valence-electron chi connectivity index (χ0n) is 14.8. The lowest BCUT2D eigenvalue weighted by molar-refractivity contribution is -0.0414. The largest absolute Gasteiger partial charge is 0.374 e. The van der Waals surface area contributed by atoms with E-state index in [1.54, 1.807) is 0 Å². The van der Waals surface area contributed by atoms with Gasteiger partial charge in [0.1, 0.15) is 11.6 Å². The minimum Gasteiger partial charge on any atom is -0.374 e. The van der Waals surface area contributed by atoms with Gasteiger partial charge in [0.05, 0.1) is 31.5 Å². The highest BCUT2D eigenvalue weighted by molar-refractivity contribution is 5.08. The lowest BCUT2D eigenvalue weighted by Gasteiger charge is -2.32. The van der Waals surface area contributed by atoms with Crippen molar-refractivity contribution in [1.29, 1.82) is 0 Å². The fraction of sp³-hybridized carbons (Fsp3) is 0.706. The van der Waals surface area contributed by atoms with Gasteiger partial charge in [-0.2, -0.15) is 5.10 Å². The van der Waals surface area contributed by atoms with Gasteiger partial charge in [-0.3, -0.25) is 9.58 Å². The molecule has 2 aliphatic rings. The van der Waals surface area contributed by atoms with Crippen LogP contribution in [0, 0.1) is 13.8 Å². The Balaban J connectivity index is 1.39. The van der Waals surface area contributed by atoms with Gasteiger partial charge in [-0.05, 0) is 32.8 Å². The molecule has 0 amide bonds. The summed E-state index contributed by atoms with van der Waals surface area (Å²) in [5.41, 5.74) is 2.25. The molecule has 0 bridgehead atoms. The SMILES string of the molecule is Cc1cc(C)n(C[C@@H]2CN(Cc3nnc(C4CC4)n3C)CCO2)n1. The van der Waals surface area contributed by atoms with Crippen molar-refractivity contribution in [3.63, 3.8) is 0 Å². The summed E-state index contributed by atoms with van der Waals surface area (Å²) in [7, 11) is 2.09. The molecule has 7 nitrogen and oxygen atoms in total. The van der Waals surface area contributed by atoms with E-state index in [9.17, 15) is 0 Å². The fourth-order valence-electron chi connectivity index (χ4n) is 3.50. The molecule has 2 aromatic rings. The molecule has 0 aromatic carbocycles. The van der Waals surface area contributed by atoms with Crippen LogP contribution in [0.3, 0.4) is 0 Å². The Morgan fingerprint density at radius 1 is 1.25 bits per heavy atom. The van der Waals surface area contributed by atoms with Crippen LogP contribution < -0.4 is 0 Å². The van der Waals surface area contributed by atoms with Crippen molar-refractivity contribution in [2.75, 3.05) is 19.7 Å². The number of hydrogen-bond acceptors (Lipinski definition) is 5. The van der Waals surface area contributed by atoms with E-state index in [0.717, 1.165) is 50.1 Å². The molecule has 2 aromatic heterocycles. The molecule has 1 atom stereocenters. The molecule has 3 heterocycles. The van der Waals surface area contributed by atoms with Gasteiger partial charge in [0.15, 0.2) is 0 Å². The van der Waals surface area contributed by atoms with Gasteiger partial charge in [-0.15, -0.1) is 10.2 Å². The van der Waals surface area contributed by atoms with Crippen LogP contribution >= 0.6 is 0 Å². The maximum absolute atomic E-state index is 5.95. The summed E-state index contributed by atoms with van der Waals surface area (Å²) in [4.78, 5) is 2.42. The van der Waals surface area contributed by atoms with Crippen LogP contribution in [0.25, 0.3) is 0 Å². The molecular formula is C17H26N6O. The van der Waals surface area contributed by atoms with E-state index in [1.807, 2.05) is 6.92 Å². The predicted molar refractivity (Wildman–Crippen MR) is 89.7 cm³/mol. The van der Waals surface area contributed by atoms with Crippen molar-refractivity contribution < 1.29 is 4.74 Å². The molecule has 1 saturated carbocycles. The number of aryl methyl sites for hydroxylation is 2. The molecule has 1 aliphatic carbocycles. The molecule has 7 heteroatoms. The molecule has 0 N–H and O–H groups in total. The second kappa shape index (κ2) is 6.29. The zero-order valence-corrected chi connectivity index (χ0v) is 14.8. The van der Waals surface area contributed by atoms with Crippen molar-refractivity contribution in [3.8, 4) is 0 Å². The van der Waals surface area contributed by atoms with Crippen molar-refractivity contribution in [2.45, 2.75) is 51.8 Å². The minimum atomic E-state index is 0.174. The van der Waals surface area contributed by atoms with E-state index < -0.39 is 0 Å². The highest BCUT2D eigenvalue weighted by atomic mass is 16.5. The smallest absolute Gasteiger partial charge is 0.146 e. The summed E-state index contributed by atoms with van der Waals surface area (Å²) in [6, 6.07) is 2.11. The summed E-state index contributed by atoms with van der Waals surface area (Å²) in [5.74, 6) is 2.85. The van der Waals surface area contributed by atoms with Crippen molar-refractivity contribution in [2.24, 2.45) is 7.05 Å². The van der Waals surface area contributed by atoms with Gasteiger partial charge in [0.25, 0.3) is 0 Å². The van der Waals surface area contributed by atoms with Crippen LogP contribution in [0.2, 0.25) is 0 Å². The van der Waals surface area contributed by atoms with E-state index in [0.29, 0.717) is 5.92 Å². The van der Waals surface area contributed by atoms with Gasteiger partial charge in [0.2, 0.25) is 0 Å². The normalized spacial score (nSPS) is 22.2. The summed E-state index contributed by atoms with van der Waals surface area (Å²) in [5, 5.41) is 13.3. The standard InChI is InChI=1S/C17H26N6O/c1-12-8-13(2)23(20-12)10-15-9-22(6-7-24-15)11-16-18-19-17(21(16)3)14-4-5-14/h8,14-15H,4-7,9-11H2,1-3H3/t15-/m0/s1. The van der Waals surface area contributed by atoms with Crippen molar-refractivity contribution >= 4 is 0 Å². The van der Waals surface area contributed by atoms with E-state index >= 15 is 0 Å². The van der Waals surface area contributed by atoms with E-state index in [4.69, 9.17) is 4.74 Å². The summed E-state index contributed by atoms with van der Waals surface area (Å²) in [6.07, 6.45) is 2.69. The van der Waals surface area contributed by atoms with Crippen LogP contribution in [0.5, 0.6) is 0 Å². The predicted octanol–water partition coefficient (Wildman–Crippen LogP) is 1.41. The number of ether oxygens (including phenoxy) is 1. The Kier molecular flexibility index (Phi) is 4.14. The molecule has 24 heavy (non-hydrogen) atoms. The van der Waals surface area contributed by atoms with Gasteiger partial charge in [-0.25, -0.2) is 0 Å². The number of morpholine rings is 1.